The number of nitrogens with one attached hydrogen (secondary N) is 1. The van der Waals surface area contributed by atoms with Crippen molar-refractivity contribution >= 4 is 11.6 Å². The zero-order valence-electron chi connectivity index (χ0n) is 8.69. The molecule has 0 bridgehead atoms. The Labute approximate surface area is 92.5 Å². The van der Waals surface area contributed by atoms with Crippen LogP contribution < -0.4 is 5.32 Å². The van der Waals surface area contributed by atoms with Gasteiger partial charge in [-0.15, -0.1) is 0 Å². The Morgan fingerprint density at radius 3 is 2.88 bits per heavy atom. The van der Waals surface area contributed by atoms with E-state index in [9.17, 15) is 14.3 Å². The molecule has 2 N–H and O–H groups in total. The van der Waals surface area contributed by atoms with Crippen LogP contribution in [-0.2, 0) is 4.79 Å². The topological polar surface area (TPSA) is 62.2 Å². The minimum absolute atomic E-state index is 0.0431. The molecular formula is C11H13FN2O2. The number of pyridine rings is 1. The first-order valence-electron chi connectivity index (χ1n) is 5.26. The summed E-state index contributed by atoms with van der Waals surface area (Å²) in [5, 5.41) is 12.1. The molecule has 1 aliphatic rings. The van der Waals surface area contributed by atoms with Gasteiger partial charge in [0, 0.05) is 6.07 Å². The summed E-state index contributed by atoms with van der Waals surface area (Å²) in [6.07, 6.45) is 4.19. The highest BCUT2D eigenvalue weighted by Gasteiger charge is 2.30. The third-order valence-corrected chi connectivity index (χ3v) is 2.84. The molecule has 1 atom stereocenters. The standard InChI is InChI=1S/C11H13FN2O2/c12-8-4-9(6-13-5-8)14-11(16)10(15)7-2-1-3-7/h4-7,10,15H,1-3H2,(H,14,16). The summed E-state index contributed by atoms with van der Waals surface area (Å²) < 4.78 is 12.8. The molecule has 1 fully saturated rings. The van der Waals surface area contributed by atoms with Crippen molar-refractivity contribution in [3.8, 4) is 0 Å². The highest BCUT2D eigenvalue weighted by atomic mass is 19.1. The predicted molar refractivity (Wildman–Crippen MR) is 56.2 cm³/mol. The molecule has 1 aliphatic carbocycles. The Kier molecular flexibility index (Phi) is 3.14. The third-order valence-electron chi connectivity index (χ3n) is 2.84. The van der Waals surface area contributed by atoms with Gasteiger partial charge in [0.1, 0.15) is 11.9 Å². The van der Waals surface area contributed by atoms with Gasteiger partial charge in [-0.05, 0) is 18.8 Å². The Balaban J connectivity index is 1.96. The monoisotopic (exact) mass is 224 g/mol. The van der Waals surface area contributed by atoms with Crippen LogP contribution in [0.1, 0.15) is 19.3 Å². The van der Waals surface area contributed by atoms with Gasteiger partial charge in [0.15, 0.2) is 0 Å². The summed E-state index contributed by atoms with van der Waals surface area (Å²) in [6, 6.07) is 1.17. The summed E-state index contributed by atoms with van der Waals surface area (Å²) in [5.41, 5.74) is 0.267. The number of hydrogen-bond donors (Lipinski definition) is 2. The van der Waals surface area contributed by atoms with Gasteiger partial charge >= 0.3 is 0 Å². The molecule has 1 aromatic rings. The molecule has 0 saturated heterocycles. The summed E-state index contributed by atoms with van der Waals surface area (Å²) in [5.74, 6) is -0.963. The van der Waals surface area contributed by atoms with Crippen LogP contribution in [0, 0.1) is 11.7 Å². The van der Waals surface area contributed by atoms with Gasteiger partial charge < -0.3 is 10.4 Å². The average Bonchev–Trinajstić information content (AvgIpc) is 2.14. The number of hydrogen-bond acceptors (Lipinski definition) is 3. The maximum Gasteiger partial charge on any atom is 0.253 e. The number of halogens is 1. The SMILES string of the molecule is O=C(Nc1cncc(F)c1)C(O)C1CCC1. The Hall–Kier alpha value is -1.49. The van der Waals surface area contributed by atoms with E-state index in [2.05, 4.69) is 10.3 Å². The van der Waals surface area contributed by atoms with E-state index in [4.69, 9.17) is 0 Å². The van der Waals surface area contributed by atoms with E-state index in [0.717, 1.165) is 25.5 Å². The fraction of sp³-hybridized carbons (Fsp3) is 0.455. The number of amides is 1. The first-order valence-corrected chi connectivity index (χ1v) is 5.26. The van der Waals surface area contributed by atoms with Gasteiger partial charge in [0.05, 0.1) is 18.1 Å². The highest BCUT2D eigenvalue weighted by molar-refractivity contribution is 5.94. The molecule has 86 valence electrons. The van der Waals surface area contributed by atoms with Crippen molar-refractivity contribution < 1.29 is 14.3 Å². The van der Waals surface area contributed by atoms with E-state index in [-0.39, 0.29) is 11.6 Å². The van der Waals surface area contributed by atoms with E-state index in [1.54, 1.807) is 0 Å². The number of anilines is 1. The first-order chi connectivity index (χ1) is 7.66. The quantitative estimate of drug-likeness (QED) is 0.814. The van der Waals surface area contributed by atoms with Crippen molar-refractivity contribution in [2.45, 2.75) is 25.4 Å². The molecule has 1 aromatic heterocycles. The number of carbonyl (C=O) groups is 1. The van der Waals surface area contributed by atoms with Crippen molar-refractivity contribution in [1.29, 1.82) is 0 Å². The summed E-state index contributed by atoms with van der Waals surface area (Å²) >= 11 is 0. The van der Waals surface area contributed by atoms with Gasteiger partial charge in [0.2, 0.25) is 0 Å². The molecule has 2 rings (SSSR count). The fourth-order valence-corrected chi connectivity index (χ4v) is 1.67. The van der Waals surface area contributed by atoms with Crippen molar-refractivity contribution in [3.63, 3.8) is 0 Å². The van der Waals surface area contributed by atoms with Crippen LogP contribution in [0.3, 0.4) is 0 Å². The maximum absolute atomic E-state index is 12.8. The minimum Gasteiger partial charge on any atom is -0.383 e. The molecule has 1 heterocycles. The second-order valence-electron chi connectivity index (χ2n) is 4.02. The van der Waals surface area contributed by atoms with Crippen LogP contribution >= 0.6 is 0 Å². The Morgan fingerprint density at radius 2 is 2.31 bits per heavy atom. The molecule has 1 unspecified atom stereocenters. The van der Waals surface area contributed by atoms with Crippen LogP contribution in [-0.4, -0.2) is 22.1 Å². The van der Waals surface area contributed by atoms with Crippen molar-refractivity contribution in [1.82, 2.24) is 4.98 Å². The molecule has 0 aliphatic heterocycles. The van der Waals surface area contributed by atoms with Crippen LogP contribution in [0.4, 0.5) is 10.1 Å². The lowest BCUT2D eigenvalue weighted by Gasteiger charge is -2.29. The Morgan fingerprint density at radius 1 is 1.56 bits per heavy atom. The number of aliphatic hydroxyl groups excluding tert-OH is 1. The molecule has 1 amide bonds. The second-order valence-corrected chi connectivity index (χ2v) is 4.02. The summed E-state index contributed by atoms with van der Waals surface area (Å²) in [6.45, 7) is 0. The van der Waals surface area contributed by atoms with Crippen molar-refractivity contribution in [3.05, 3.63) is 24.3 Å². The maximum atomic E-state index is 12.8. The molecule has 4 nitrogen and oxygen atoms in total. The van der Waals surface area contributed by atoms with E-state index >= 15 is 0 Å². The van der Waals surface area contributed by atoms with Crippen molar-refractivity contribution in [2.24, 2.45) is 5.92 Å². The van der Waals surface area contributed by atoms with Crippen LogP contribution in [0.25, 0.3) is 0 Å². The second kappa shape index (κ2) is 4.57. The van der Waals surface area contributed by atoms with E-state index in [1.165, 1.54) is 12.3 Å². The molecular weight excluding hydrogens is 211 g/mol. The molecule has 16 heavy (non-hydrogen) atoms. The highest BCUT2D eigenvalue weighted by Crippen LogP contribution is 2.30. The third kappa shape index (κ3) is 2.36. The smallest absolute Gasteiger partial charge is 0.253 e. The van der Waals surface area contributed by atoms with Gasteiger partial charge in [0.25, 0.3) is 5.91 Å². The minimum atomic E-state index is -1.00. The summed E-state index contributed by atoms with van der Waals surface area (Å²) in [4.78, 5) is 15.2. The lowest BCUT2D eigenvalue weighted by atomic mass is 9.81. The number of aliphatic hydroxyl groups is 1. The molecule has 0 spiro atoms. The molecule has 0 aromatic carbocycles. The largest absolute Gasteiger partial charge is 0.383 e. The van der Waals surface area contributed by atoms with Gasteiger partial charge in [-0.2, -0.15) is 0 Å². The first kappa shape index (κ1) is 11.0. The molecule has 0 radical (unpaired) electrons. The number of aromatic nitrogens is 1. The van der Waals surface area contributed by atoms with E-state index in [0.29, 0.717) is 0 Å². The lowest BCUT2D eigenvalue weighted by Crippen LogP contribution is -2.37. The molecule has 1 saturated carbocycles. The Bertz CT molecular complexity index is 393. The zero-order chi connectivity index (χ0) is 11.5. The van der Waals surface area contributed by atoms with Crippen LogP contribution in [0.15, 0.2) is 18.5 Å². The summed E-state index contributed by atoms with van der Waals surface area (Å²) in [7, 11) is 0. The average molecular weight is 224 g/mol. The van der Waals surface area contributed by atoms with Crippen LogP contribution in [0.5, 0.6) is 0 Å². The normalized spacial score (nSPS) is 17.6. The van der Waals surface area contributed by atoms with E-state index in [1.807, 2.05) is 0 Å². The van der Waals surface area contributed by atoms with Gasteiger partial charge in [-0.3, -0.25) is 9.78 Å². The number of nitrogens with zero attached hydrogens (tertiary/aromatic N) is 1. The van der Waals surface area contributed by atoms with Gasteiger partial charge in [-0.1, -0.05) is 6.42 Å². The predicted octanol–water partition coefficient (Wildman–Crippen LogP) is 1.32. The fourth-order valence-electron chi connectivity index (χ4n) is 1.67. The van der Waals surface area contributed by atoms with E-state index < -0.39 is 17.8 Å². The molecule has 5 heteroatoms. The number of carbonyl (C=O) groups excluding carboxylic acids is 1. The number of rotatable bonds is 3. The zero-order valence-corrected chi connectivity index (χ0v) is 8.69. The lowest BCUT2D eigenvalue weighted by molar-refractivity contribution is -0.128. The van der Waals surface area contributed by atoms with Crippen LogP contribution in [0.2, 0.25) is 0 Å². The van der Waals surface area contributed by atoms with Gasteiger partial charge in [-0.25, -0.2) is 4.39 Å². The van der Waals surface area contributed by atoms with Crippen molar-refractivity contribution in [2.75, 3.05) is 5.32 Å².